The topological polar surface area (TPSA) is 49.3 Å². The van der Waals surface area contributed by atoms with Gasteiger partial charge in [0.1, 0.15) is 6.04 Å². The minimum atomic E-state index is -0.769. The van der Waals surface area contributed by atoms with Crippen LogP contribution < -0.4 is 5.32 Å². The maximum atomic E-state index is 11.1. The second-order valence-electron chi connectivity index (χ2n) is 4.50. The van der Waals surface area contributed by atoms with Crippen molar-refractivity contribution in [2.24, 2.45) is 0 Å². The molecule has 100 valence electrons. The summed E-state index contributed by atoms with van der Waals surface area (Å²) in [6.45, 7) is 4.68. The third-order valence-corrected chi connectivity index (χ3v) is 3.79. The fourth-order valence-corrected chi connectivity index (χ4v) is 2.13. The molecule has 4 heteroatoms. The van der Waals surface area contributed by atoms with Crippen molar-refractivity contribution in [3.63, 3.8) is 0 Å². The molecule has 1 aromatic rings. The van der Waals surface area contributed by atoms with E-state index in [4.69, 9.17) is 5.11 Å². The second-order valence-corrected chi connectivity index (χ2v) is 5.35. The average Bonchev–Trinajstić information content (AvgIpc) is 2.33. The molecule has 0 spiro atoms. The Morgan fingerprint density at radius 1 is 1.50 bits per heavy atom. The van der Waals surface area contributed by atoms with Crippen LogP contribution in [0, 0.1) is 6.92 Å². The molecule has 1 rings (SSSR count). The Hall–Kier alpha value is -0.870. The molecule has 0 heterocycles. The Labute approximate surface area is 117 Å². The van der Waals surface area contributed by atoms with E-state index in [-0.39, 0.29) is 0 Å². The molecule has 0 aliphatic rings. The van der Waals surface area contributed by atoms with Gasteiger partial charge in [0.25, 0.3) is 0 Å². The molecule has 0 radical (unpaired) electrons. The van der Waals surface area contributed by atoms with Crippen molar-refractivity contribution in [3.8, 4) is 0 Å². The molecule has 18 heavy (non-hydrogen) atoms. The zero-order valence-electron chi connectivity index (χ0n) is 10.9. The number of aliphatic carboxylic acids is 1. The molecule has 2 N–H and O–H groups in total. The van der Waals surface area contributed by atoms with Crippen LogP contribution in [-0.4, -0.2) is 17.1 Å². The average molecular weight is 314 g/mol. The predicted molar refractivity (Wildman–Crippen MR) is 76.7 cm³/mol. The molecule has 1 aromatic carbocycles. The monoisotopic (exact) mass is 313 g/mol. The van der Waals surface area contributed by atoms with Crippen molar-refractivity contribution in [2.75, 3.05) is 0 Å². The minimum absolute atomic E-state index is 0.454. The third-order valence-electron chi connectivity index (χ3n) is 2.93. The van der Waals surface area contributed by atoms with Crippen LogP contribution in [0.2, 0.25) is 0 Å². The molecule has 0 unspecified atom stereocenters. The van der Waals surface area contributed by atoms with Gasteiger partial charge in [-0.05, 0) is 30.5 Å². The fraction of sp³-hybridized carbons (Fsp3) is 0.500. The Balaban J connectivity index is 2.55. The molecule has 0 aromatic heterocycles. The Kier molecular flexibility index (Phi) is 6.36. The van der Waals surface area contributed by atoms with Gasteiger partial charge >= 0.3 is 5.97 Å². The first-order chi connectivity index (χ1) is 8.54. The van der Waals surface area contributed by atoms with Crippen LogP contribution >= 0.6 is 15.9 Å². The number of benzene rings is 1. The number of aryl methyl sites for hydroxylation is 1. The number of hydrogen-bond acceptors (Lipinski definition) is 2. The van der Waals surface area contributed by atoms with E-state index in [1.54, 1.807) is 0 Å². The number of carboxylic acids is 1. The lowest BCUT2D eigenvalue weighted by atomic mass is 10.1. The number of nitrogens with one attached hydrogen (secondary N) is 1. The summed E-state index contributed by atoms with van der Waals surface area (Å²) >= 11 is 3.48. The highest BCUT2D eigenvalue weighted by molar-refractivity contribution is 9.10. The van der Waals surface area contributed by atoms with Gasteiger partial charge < -0.3 is 10.4 Å². The van der Waals surface area contributed by atoms with E-state index in [2.05, 4.69) is 28.2 Å². The van der Waals surface area contributed by atoms with Crippen LogP contribution in [0.3, 0.4) is 0 Å². The van der Waals surface area contributed by atoms with Crippen LogP contribution in [-0.2, 0) is 11.3 Å². The van der Waals surface area contributed by atoms with Gasteiger partial charge in [-0.1, -0.05) is 47.8 Å². The molecule has 0 amide bonds. The smallest absolute Gasteiger partial charge is 0.320 e. The first-order valence-corrected chi connectivity index (χ1v) is 7.05. The zero-order valence-corrected chi connectivity index (χ0v) is 12.5. The lowest BCUT2D eigenvalue weighted by Gasteiger charge is -2.14. The van der Waals surface area contributed by atoms with Crippen LogP contribution in [0.25, 0.3) is 0 Å². The zero-order chi connectivity index (χ0) is 13.5. The summed E-state index contributed by atoms with van der Waals surface area (Å²) < 4.78 is 1.06. The largest absolute Gasteiger partial charge is 0.480 e. The lowest BCUT2D eigenvalue weighted by Crippen LogP contribution is -2.36. The first kappa shape index (κ1) is 15.2. The van der Waals surface area contributed by atoms with Gasteiger partial charge in [0.2, 0.25) is 0 Å². The summed E-state index contributed by atoms with van der Waals surface area (Å²) in [7, 11) is 0. The van der Waals surface area contributed by atoms with Crippen LogP contribution in [0.1, 0.15) is 37.3 Å². The number of hydrogen-bond donors (Lipinski definition) is 2. The van der Waals surface area contributed by atoms with Crippen molar-refractivity contribution < 1.29 is 9.90 Å². The van der Waals surface area contributed by atoms with Gasteiger partial charge in [-0.25, -0.2) is 0 Å². The van der Waals surface area contributed by atoms with Crippen molar-refractivity contribution in [3.05, 3.63) is 33.8 Å². The molecule has 0 saturated heterocycles. The number of carbonyl (C=O) groups is 1. The molecule has 1 atom stereocenters. The number of carboxylic acid groups (broad SMARTS) is 1. The summed E-state index contributed by atoms with van der Waals surface area (Å²) in [4.78, 5) is 11.1. The van der Waals surface area contributed by atoms with Crippen molar-refractivity contribution in [1.82, 2.24) is 5.32 Å². The molecule has 0 aliphatic heterocycles. The van der Waals surface area contributed by atoms with Gasteiger partial charge in [0, 0.05) is 11.0 Å². The third kappa shape index (κ3) is 4.78. The second kappa shape index (κ2) is 7.54. The van der Waals surface area contributed by atoms with E-state index in [0.717, 1.165) is 22.9 Å². The predicted octanol–water partition coefficient (Wildman–Crippen LogP) is 3.49. The van der Waals surface area contributed by atoms with E-state index >= 15 is 0 Å². The summed E-state index contributed by atoms with van der Waals surface area (Å²) in [5.41, 5.74) is 2.27. The molecule has 0 bridgehead atoms. The number of unbranched alkanes of at least 4 members (excludes halogenated alkanes) is 1. The lowest BCUT2D eigenvalue weighted by molar-refractivity contribution is -0.139. The highest BCUT2D eigenvalue weighted by Crippen LogP contribution is 2.17. The first-order valence-electron chi connectivity index (χ1n) is 6.25. The van der Waals surface area contributed by atoms with E-state index in [1.807, 2.05) is 25.1 Å². The molecular formula is C14H20BrNO2. The number of halogens is 1. The van der Waals surface area contributed by atoms with Gasteiger partial charge in [0.15, 0.2) is 0 Å². The molecule has 0 aliphatic carbocycles. The van der Waals surface area contributed by atoms with Gasteiger partial charge in [-0.3, -0.25) is 4.79 Å². The Morgan fingerprint density at radius 2 is 2.22 bits per heavy atom. The van der Waals surface area contributed by atoms with Crippen molar-refractivity contribution in [2.45, 2.75) is 45.7 Å². The highest BCUT2D eigenvalue weighted by Gasteiger charge is 2.15. The van der Waals surface area contributed by atoms with Gasteiger partial charge in [0.05, 0.1) is 0 Å². The Morgan fingerprint density at radius 3 is 2.78 bits per heavy atom. The normalized spacial score (nSPS) is 12.4. The van der Waals surface area contributed by atoms with E-state index < -0.39 is 12.0 Å². The Bertz CT molecular complexity index is 407. The summed E-state index contributed by atoms with van der Waals surface area (Å²) in [5.74, 6) is -0.769. The molecule has 3 nitrogen and oxygen atoms in total. The SMILES string of the molecule is CCCC[C@H](NCc1ccc(C)c(Br)c1)C(=O)O. The summed E-state index contributed by atoms with van der Waals surface area (Å²) in [5, 5.41) is 12.2. The quantitative estimate of drug-likeness (QED) is 0.810. The van der Waals surface area contributed by atoms with Crippen molar-refractivity contribution >= 4 is 21.9 Å². The van der Waals surface area contributed by atoms with Crippen LogP contribution in [0.5, 0.6) is 0 Å². The van der Waals surface area contributed by atoms with Gasteiger partial charge in [-0.2, -0.15) is 0 Å². The summed E-state index contributed by atoms with van der Waals surface area (Å²) in [6, 6.07) is 5.63. The van der Waals surface area contributed by atoms with E-state index in [0.29, 0.717) is 13.0 Å². The fourth-order valence-electron chi connectivity index (χ4n) is 1.71. The molecular weight excluding hydrogens is 294 g/mol. The van der Waals surface area contributed by atoms with Crippen LogP contribution in [0.15, 0.2) is 22.7 Å². The highest BCUT2D eigenvalue weighted by atomic mass is 79.9. The van der Waals surface area contributed by atoms with E-state index in [9.17, 15) is 4.79 Å². The molecule has 0 fully saturated rings. The van der Waals surface area contributed by atoms with Crippen LogP contribution in [0.4, 0.5) is 0 Å². The maximum absolute atomic E-state index is 11.1. The minimum Gasteiger partial charge on any atom is -0.480 e. The summed E-state index contributed by atoms with van der Waals surface area (Å²) in [6.07, 6.45) is 2.63. The number of rotatable bonds is 7. The molecule has 0 saturated carbocycles. The van der Waals surface area contributed by atoms with E-state index in [1.165, 1.54) is 5.56 Å². The standard InChI is InChI=1S/C14H20BrNO2/c1-3-4-5-13(14(17)18)16-9-11-7-6-10(2)12(15)8-11/h6-8,13,16H,3-5,9H2,1-2H3,(H,17,18)/t13-/m0/s1. The van der Waals surface area contributed by atoms with Crippen molar-refractivity contribution in [1.29, 1.82) is 0 Å². The maximum Gasteiger partial charge on any atom is 0.320 e. The van der Waals surface area contributed by atoms with Gasteiger partial charge in [-0.15, -0.1) is 0 Å².